The minimum absolute atomic E-state index is 0.0457. The number of fused-ring (bicyclic) bond motifs is 1. The normalized spacial score (nSPS) is 17.6. The first-order valence-electron chi connectivity index (χ1n) is 9.19. The smallest absolute Gasteiger partial charge is 0.328 e. The topological polar surface area (TPSA) is 77.1 Å². The van der Waals surface area contributed by atoms with Crippen LogP contribution < -0.4 is 11.0 Å². The number of nitrogens with one attached hydrogen (secondary N) is 1. The fourth-order valence-electron chi connectivity index (χ4n) is 3.86. The third-order valence-electron chi connectivity index (χ3n) is 5.32. The van der Waals surface area contributed by atoms with Crippen molar-refractivity contribution in [1.82, 2.24) is 28.9 Å². The molecule has 0 bridgehead atoms. The number of rotatable bonds is 4. The highest BCUT2D eigenvalue weighted by Crippen LogP contribution is 2.21. The molecule has 0 spiro atoms. The summed E-state index contributed by atoms with van der Waals surface area (Å²) in [5.41, 5.74) is 1.65. The van der Waals surface area contributed by atoms with E-state index in [1.165, 1.54) is 0 Å². The van der Waals surface area contributed by atoms with Crippen molar-refractivity contribution in [2.45, 2.75) is 19.0 Å². The standard InChI is InChI=1S/C19H24N6O2/c1-22-11-9-21-18(22)16-13-20-8-12-24(16)17(26)7-10-25-15-6-4-3-5-14(15)23(2)19(25)27/h3-6,9,11,16,20H,7-8,10,12-13H2,1-2H3. The summed E-state index contributed by atoms with van der Waals surface area (Å²) in [6.07, 6.45) is 3.93. The van der Waals surface area contributed by atoms with E-state index in [9.17, 15) is 9.59 Å². The van der Waals surface area contributed by atoms with Gasteiger partial charge < -0.3 is 14.8 Å². The Bertz CT molecular complexity index is 1030. The van der Waals surface area contributed by atoms with Gasteiger partial charge in [0.25, 0.3) is 0 Å². The van der Waals surface area contributed by atoms with Gasteiger partial charge in [-0.2, -0.15) is 0 Å². The van der Waals surface area contributed by atoms with Crippen LogP contribution in [-0.2, 0) is 25.4 Å². The Kier molecular flexibility index (Phi) is 4.57. The number of benzene rings is 1. The van der Waals surface area contributed by atoms with E-state index in [2.05, 4.69) is 10.3 Å². The van der Waals surface area contributed by atoms with Crippen LogP contribution in [0.1, 0.15) is 18.3 Å². The third-order valence-corrected chi connectivity index (χ3v) is 5.32. The lowest BCUT2D eigenvalue weighted by molar-refractivity contribution is -0.135. The Hall–Kier alpha value is -2.87. The van der Waals surface area contributed by atoms with Crippen molar-refractivity contribution in [3.05, 3.63) is 53.0 Å². The molecule has 1 fully saturated rings. The average Bonchev–Trinajstić information content (AvgIpc) is 3.22. The maximum absolute atomic E-state index is 13.0. The first kappa shape index (κ1) is 17.5. The zero-order valence-electron chi connectivity index (χ0n) is 15.6. The van der Waals surface area contributed by atoms with E-state index in [0.29, 0.717) is 19.6 Å². The number of hydrogen-bond acceptors (Lipinski definition) is 4. The Balaban J connectivity index is 1.55. The summed E-state index contributed by atoms with van der Waals surface area (Å²) in [4.78, 5) is 31.8. The van der Waals surface area contributed by atoms with E-state index in [-0.39, 0.29) is 24.1 Å². The van der Waals surface area contributed by atoms with Crippen LogP contribution in [0.4, 0.5) is 0 Å². The van der Waals surface area contributed by atoms with E-state index < -0.39 is 0 Å². The maximum Gasteiger partial charge on any atom is 0.328 e. The number of carbonyl (C=O) groups excluding carboxylic acids is 1. The molecule has 0 saturated carbocycles. The molecule has 0 radical (unpaired) electrons. The molecule has 142 valence electrons. The molecule has 1 aromatic carbocycles. The summed E-state index contributed by atoms with van der Waals surface area (Å²) >= 11 is 0. The van der Waals surface area contributed by atoms with Crippen LogP contribution in [0.2, 0.25) is 0 Å². The van der Waals surface area contributed by atoms with Gasteiger partial charge in [0.2, 0.25) is 5.91 Å². The maximum atomic E-state index is 13.0. The summed E-state index contributed by atoms with van der Waals surface area (Å²) in [6, 6.07) is 7.57. The van der Waals surface area contributed by atoms with Gasteiger partial charge in [0.15, 0.2) is 0 Å². The predicted molar refractivity (Wildman–Crippen MR) is 102 cm³/mol. The van der Waals surface area contributed by atoms with Gasteiger partial charge in [0.1, 0.15) is 11.9 Å². The number of carbonyl (C=O) groups is 1. The van der Waals surface area contributed by atoms with Gasteiger partial charge in [-0.15, -0.1) is 0 Å². The van der Waals surface area contributed by atoms with Gasteiger partial charge in [-0.25, -0.2) is 9.78 Å². The SMILES string of the molecule is Cn1ccnc1C1CNCCN1C(=O)CCn1c(=O)n(C)c2ccccc21. The zero-order valence-corrected chi connectivity index (χ0v) is 15.6. The van der Waals surface area contributed by atoms with Crippen molar-refractivity contribution in [3.8, 4) is 0 Å². The van der Waals surface area contributed by atoms with Crippen LogP contribution in [0, 0.1) is 0 Å². The van der Waals surface area contributed by atoms with Gasteiger partial charge in [0, 0.05) is 59.1 Å². The second-order valence-electron chi connectivity index (χ2n) is 6.94. The number of piperazine rings is 1. The van der Waals surface area contributed by atoms with Crippen molar-refractivity contribution >= 4 is 16.9 Å². The Morgan fingerprint density at radius 2 is 2.04 bits per heavy atom. The molecule has 4 rings (SSSR count). The molecule has 27 heavy (non-hydrogen) atoms. The molecule has 1 saturated heterocycles. The van der Waals surface area contributed by atoms with E-state index in [1.54, 1.807) is 22.4 Å². The average molecular weight is 368 g/mol. The monoisotopic (exact) mass is 368 g/mol. The second-order valence-corrected chi connectivity index (χ2v) is 6.94. The summed E-state index contributed by atoms with van der Waals surface area (Å²) < 4.78 is 5.26. The molecule has 3 heterocycles. The van der Waals surface area contributed by atoms with Crippen LogP contribution in [0.3, 0.4) is 0 Å². The highest BCUT2D eigenvalue weighted by Gasteiger charge is 2.30. The molecule has 1 unspecified atom stereocenters. The van der Waals surface area contributed by atoms with Crippen LogP contribution in [0.5, 0.6) is 0 Å². The van der Waals surface area contributed by atoms with Gasteiger partial charge in [-0.3, -0.25) is 13.9 Å². The fourth-order valence-corrected chi connectivity index (χ4v) is 3.86. The third kappa shape index (κ3) is 3.06. The highest BCUT2D eigenvalue weighted by molar-refractivity contribution is 5.78. The van der Waals surface area contributed by atoms with Crippen LogP contribution in [0.25, 0.3) is 11.0 Å². The summed E-state index contributed by atoms with van der Waals surface area (Å²) in [7, 11) is 3.70. The number of hydrogen-bond donors (Lipinski definition) is 1. The van der Waals surface area contributed by atoms with Gasteiger partial charge in [-0.05, 0) is 12.1 Å². The molecule has 1 atom stereocenters. The van der Waals surface area contributed by atoms with Crippen molar-refractivity contribution in [2.24, 2.45) is 14.1 Å². The van der Waals surface area contributed by atoms with E-state index in [4.69, 9.17) is 0 Å². The predicted octanol–water partition coefficient (Wildman–Crippen LogP) is 0.637. The fraction of sp³-hybridized carbons (Fsp3) is 0.421. The van der Waals surface area contributed by atoms with E-state index in [0.717, 1.165) is 23.4 Å². The van der Waals surface area contributed by atoms with Crippen molar-refractivity contribution in [1.29, 1.82) is 0 Å². The number of imidazole rings is 2. The molecule has 1 N–H and O–H groups in total. The van der Waals surface area contributed by atoms with Crippen molar-refractivity contribution in [2.75, 3.05) is 19.6 Å². The number of aromatic nitrogens is 4. The molecule has 0 aliphatic carbocycles. The number of nitrogens with zero attached hydrogens (tertiary/aromatic N) is 5. The molecule has 8 heteroatoms. The Labute approximate surface area is 157 Å². The molecular weight excluding hydrogens is 344 g/mol. The van der Waals surface area contributed by atoms with Crippen LogP contribution in [0.15, 0.2) is 41.5 Å². The Morgan fingerprint density at radius 1 is 1.26 bits per heavy atom. The minimum atomic E-state index is -0.0926. The number of para-hydroxylation sites is 2. The van der Waals surface area contributed by atoms with E-state index >= 15 is 0 Å². The molecule has 1 aliphatic heterocycles. The zero-order chi connectivity index (χ0) is 19.0. The first-order chi connectivity index (χ1) is 13.1. The van der Waals surface area contributed by atoms with Crippen molar-refractivity contribution < 1.29 is 4.79 Å². The van der Waals surface area contributed by atoms with Gasteiger partial charge in [-0.1, -0.05) is 12.1 Å². The molecule has 1 aliphatic rings. The van der Waals surface area contributed by atoms with E-state index in [1.807, 2.05) is 47.0 Å². The molecule has 8 nitrogen and oxygen atoms in total. The van der Waals surface area contributed by atoms with Crippen LogP contribution >= 0.6 is 0 Å². The lowest BCUT2D eigenvalue weighted by Gasteiger charge is -2.35. The first-order valence-corrected chi connectivity index (χ1v) is 9.19. The quantitative estimate of drug-likeness (QED) is 0.733. The summed E-state index contributed by atoms with van der Waals surface area (Å²) in [5.74, 6) is 0.919. The number of aryl methyl sites for hydroxylation is 3. The molecule has 3 aromatic rings. The van der Waals surface area contributed by atoms with Gasteiger partial charge >= 0.3 is 5.69 Å². The summed E-state index contributed by atoms with van der Waals surface area (Å²) in [6.45, 7) is 2.46. The minimum Gasteiger partial charge on any atom is -0.336 e. The molecular formula is C19H24N6O2. The molecule has 1 amide bonds. The second kappa shape index (κ2) is 7.03. The number of amides is 1. The molecule has 2 aromatic heterocycles. The van der Waals surface area contributed by atoms with Gasteiger partial charge in [0.05, 0.1) is 11.0 Å². The Morgan fingerprint density at radius 3 is 2.78 bits per heavy atom. The van der Waals surface area contributed by atoms with Crippen molar-refractivity contribution in [3.63, 3.8) is 0 Å². The lowest BCUT2D eigenvalue weighted by Crippen LogP contribution is -2.49. The largest absolute Gasteiger partial charge is 0.336 e. The van der Waals surface area contributed by atoms with Crippen LogP contribution in [-0.4, -0.2) is 49.1 Å². The summed E-state index contributed by atoms with van der Waals surface area (Å²) in [5, 5.41) is 3.34. The lowest BCUT2D eigenvalue weighted by atomic mass is 10.1. The highest BCUT2D eigenvalue weighted by atomic mass is 16.2.